The van der Waals surface area contributed by atoms with Crippen LogP contribution in [0.5, 0.6) is 0 Å². The summed E-state index contributed by atoms with van der Waals surface area (Å²) in [4.78, 5) is 34.8. The molecule has 1 fully saturated rings. The summed E-state index contributed by atoms with van der Waals surface area (Å²) in [5, 5.41) is 2.01. The topological polar surface area (TPSA) is 53.1 Å². The predicted octanol–water partition coefficient (Wildman–Crippen LogP) is 4.02. The Morgan fingerprint density at radius 1 is 0.971 bits per heavy atom. The number of amides is 2. The molecule has 0 spiro atoms. The Kier molecular flexibility index (Phi) is 6.65. The molecule has 0 aliphatic carbocycles. The Balaban J connectivity index is 1.47. The third-order valence-electron chi connectivity index (χ3n) is 6.79. The van der Waals surface area contributed by atoms with Crippen LogP contribution in [-0.2, 0) is 9.53 Å². The van der Waals surface area contributed by atoms with Crippen LogP contribution in [0.2, 0.25) is 0 Å². The minimum absolute atomic E-state index is 0.0380. The normalized spacial score (nSPS) is 20.4. The van der Waals surface area contributed by atoms with E-state index in [-0.39, 0.29) is 17.9 Å². The first-order chi connectivity index (χ1) is 16.7. The quantitative estimate of drug-likeness (QED) is 0.540. The van der Waals surface area contributed by atoms with Gasteiger partial charge in [0.05, 0.1) is 18.6 Å². The maximum absolute atomic E-state index is 14.1. The van der Waals surface area contributed by atoms with Gasteiger partial charge in [-0.1, -0.05) is 42.5 Å². The molecule has 3 aromatic rings. The average Bonchev–Trinajstić information content (AvgIpc) is 3.43. The maximum Gasteiger partial charge on any atom is 0.254 e. The number of hydrogen-bond donors (Lipinski definition) is 0. The Labute approximate surface area is 204 Å². The van der Waals surface area contributed by atoms with Gasteiger partial charge in [0.15, 0.2) is 0 Å². The van der Waals surface area contributed by atoms with Crippen LogP contribution in [0.4, 0.5) is 5.69 Å². The van der Waals surface area contributed by atoms with E-state index in [0.717, 1.165) is 23.5 Å². The third kappa shape index (κ3) is 4.21. The highest BCUT2D eigenvalue weighted by atomic mass is 32.1. The fourth-order valence-electron chi connectivity index (χ4n) is 5.09. The minimum atomic E-state index is -0.437. The number of ether oxygens (including phenoxy) is 1. The average molecular weight is 476 g/mol. The van der Waals surface area contributed by atoms with Gasteiger partial charge >= 0.3 is 0 Å². The van der Waals surface area contributed by atoms with Crippen LogP contribution < -0.4 is 4.90 Å². The van der Waals surface area contributed by atoms with Crippen molar-refractivity contribution in [3.8, 4) is 0 Å². The van der Waals surface area contributed by atoms with Crippen LogP contribution in [0, 0.1) is 0 Å². The highest BCUT2D eigenvalue weighted by molar-refractivity contribution is 7.10. The lowest BCUT2D eigenvalue weighted by molar-refractivity contribution is -0.135. The second-order valence-electron chi connectivity index (χ2n) is 8.66. The van der Waals surface area contributed by atoms with E-state index in [0.29, 0.717) is 31.8 Å². The molecule has 34 heavy (non-hydrogen) atoms. The van der Waals surface area contributed by atoms with Gasteiger partial charge in [0.1, 0.15) is 0 Å². The minimum Gasteiger partial charge on any atom is -0.383 e. The molecule has 2 aliphatic heterocycles. The van der Waals surface area contributed by atoms with Gasteiger partial charge in [-0.2, -0.15) is 0 Å². The van der Waals surface area contributed by atoms with E-state index in [1.165, 1.54) is 5.69 Å². The van der Waals surface area contributed by atoms with Gasteiger partial charge in [0.25, 0.3) is 5.91 Å². The van der Waals surface area contributed by atoms with Gasteiger partial charge in [-0.25, -0.2) is 0 Å². The fourth-order valence-corrected chi connectivity index (χ4v) is 5.96. The van der Waals surface area contributed by atoms with Gasteiger partial charge < -0.3 is 19.4 Å². The zero-order chi connectivity index (χ0) is 23.5. The van der Waals surface area contributed by atoms with Crippen LogP contribution in [0.15, 0.2) is 72.1 Å². The molecule has 2 atom stereocenters. The molecule has 7 heteroatoms. The van der Waals surface area contributed by atoms with Gasteiger partial charge in [-0.15, -0.1) is 11.3 Å². The standard InChI is InChI=1S/C27H29N3O3S/c1-33-18-17-30-25(23-12-7-19-34-23)24(21-10-5-6-11-22(21)26(30)31)27(32)29-15-13-28(14-16-29)20-8-3-2-4-9-20/h2-12,19,24-25H,13-18H2,1H3/t24-,25-/m1/s1. The van der Waals surface area contributed by atoms with Gasteiger partial charge in [0.2, 0.25) is 5.91 Å². The Hall–Kier alpha value is -3.16. The number of rotatable bonds is 6. The molecule has 5 rings (SSSR count). The number of methoxy groups -OCH3 is 1. The number of para-hydroxylation sites is 1. The molecule has 0 saturated carbocycles. The van der Waals surface area contributed by atoms with Crippen LogP contribution in [0.25, 0.3) is 0 Å². The number of fused-ring (bicyclic) bond motifs is 1. The van der Waals surface area contributed by atoms with Crippen molar-refractivity contribution in [2.24, 2.45) is 0 Å². The largest absolute Gasteiger partial charge is 0.383 e. The molecule has 1 aromatic heterocycles. The molecular weight excluding hydrogens is 446 g/mol. The summed E-state index contributed by atoms with van der Waals surface area (Å²) in [7, 11) is 1.64. The molecule has 0 unspecified atom stereocenters. The van der Waals surface area contributed by atoms with Crippen molar-refractivity contribution in [3.63, 3.8) is 0 Å². The number of piperazine rings is 1. The number of nitrogens with zero attached hydrogens (tertiary/aromatic N) is 3. The highest BCUT2D eigenvalue weighted by Crippen LogP contribution is 2.45. The summed E-state index contributed by atoms with van der Waals surface area (Å²) >= 11 is 1.60. The summed E-state index contributed by atoms with van der Waals surface area (Å²) in [5.41, 5.74) is 2.63. The molecule has 2 aromatic carbocycles. The zero-order valence-corrected chi connectivity index (χ0v) is 20.1. The first-order valence-corrected chi connectivity index (χ1v) is 12.6. The first-order valence-electron chi connectivity index (χ1n) is 11.7. The molecule has 0 radical (unpaired) electrons. The summed E-state index contributed by atoms with van der Waals surface area (Å²) in [6.45, 7) is 3.77. The van der Waals surface area contributed by atoms with E-state index >= 15 is 0 Å². The number of thiophene rings is 1. The van der Waals surface area contributed by atoms with E-state index in [1.807, 2.05) is 69.8 Å². The molecule has 3 heterocycles. The van der Waals surface area contributed by atoms with E-state index in [4.69, 9.17) is 4.74 Å². The smallest absolute Gasteiger partial charge is 0.254 e. The summed E-state index contributed by atoms with van der Waals surface area (Å²) in [6.07, 6.45) is 0. The second kappa shape index (κ2) is 9.99. The van der Waals surface area contributed by atoms with E-state index in [1.54, 1.807) is 18.4 Å². The van der Waals surface area contributed by atoms with Crippen molar-refractivity contribution in [2.45, 2.75) is 12.0 Å². The number of carbonyl (C=O) groups excluding carboxylic acids is 2. The van der Waals surface area contributed by atoms with Crippen molar-refractivity contribution >= 4 is 28.8 Å². The van der Waals surface area contributed by atoms with Gasteiger partial charge in [0, 0.05) is 56.0 Å². The van der Waals surface area contributed by atoms with Crippen LogP contribution in [0.1, 0.15) is 32.8 Å². The van der Waals surface area contributed by atoms with Crippen LogP contribution in [-0.4, -0.2) is 68.1 Å². The molecule has 176 valence electrons. The highest BCUT2D eigenvalue weighted by Gasteiger charge is 2.46. The molecular formula is C27H29N3O3S. The van der Waals surface area contributed by atoms with Crippen molar-refractivity contribution in [1.29, 1.82) is 0 Å². The van der Waals surface area contributed by atoms with E-state index in [2.05, 4.69) is 17.0 Å². The third-order valence-corrected chi connectivity index (χ3v) is 7.73. The van der Waals surface area contributed by atoms with Gasteiger partial charge in [-0.05, 0) is 35.2 Å². The van der Waals surface area contributed by atoms with Gasteiger partial charge in [-0.3, -0.25) is 9.59 Å². The van der Waals surface area contributed by atoms with Crippen LogP contribution in [0.3, 0.4) is 0 Å². The lowest BCUT2D eigenvalue weighted by Gasteiger charge is -2.44. The first kappa shape index (κ1) is 22.6. The van der Waals surface area contributed by atoms with Crippen molar-refractivity contribution < 1.29 is 14.3 Å². The van der Waals surface area contributed by atoms with Crippen molar-refractivity contribution in [3.05, 3.63) is 88.1 Å². The second-order valence-corrected chi connectivity index (χ2v) is 9.64. The van der Waals surface area contributed by atoms with Crippen LogP contribution >= 0.6 is 11.3 Å². The zero-order valence-electron chi connectivity index (χ0n) is 19.3. The Bertz CT molecular complexity index is 1130. The Morgan fingerprint density at radius 2 is 1.71 bits per heavy atom. The Morgan fingerprint density at radius 3 is 2.41 bits per heavy atom. The number of hydrogen-bond acceptors (Lipinski definition) is 5. The van der Waals surface area contributed by atoms with Crippen molar-refractivity contribution in [2.75, 3.05) is 51.3 Å². The monoisotopic (exact) mass is 475 g/mol. The number of carbonyl (C=O) groups is 2. The summed E-state index contributed by atoms with van der Waals surface area (Å²) < 4.78 is 5.32. The molecule has 0 bridgehead atoms. The lowest BCUT2D eigenvalue weighted by Crippen LogP contribution is -2.53. The number of benzene rings is 2. The molecule has 6 nitrogen and oxygen atoms in total. The summed E-state index contributed by atoms with van der Waals surface area (Å²) in [6, 6.07) is 21.6. The number of anilines is 1. The fraction of sp³-hybridized carbons (Fsp3) is 0.333. The van der Waals surface area contributed by atoms with E-state index < -0.39 is 5.92 Å². The molecule has 1 saturated heterocycles. The molecule has 2 amide bonds. The molecule has 0 N–H and O–H groups in total. The lowest BCUT2D eigenvalue weighted by atomic mass is 9.81. The molecule has 2 aliphatic rings. The predicted molar refractivity (Wildman–Crippen MR) is 134 cm³/mol. The van der Waals surface area contributed by atoms with Crippen molar-refractivity contribution in [1.82, 2.24) is 9.80 Å². The maximum atomic E-state index is 14.1. The van der Waals surface area contributed by atoms with E-state index in [9.17, 15) is 9.59 Å². The SMILES string of the molecule is COCCN1C(=O)c2ccccc2[C@@H](C(=O)N2CCN(c3ccccc3)CC2)[C@H]1c1cccs1. The summed E-state index contributed by atoms with van der Waals surface area (Å²) in [5.74, 6) is -0.384.